The highest BCUT2D eigenvalue weighted by Gasteiger charge is 2.17. The number of fused-ring (bicyclic) bond motifs is 3. The van der Waals surface area contributed by atoms with Crippen molar-refractivity contribution < 1.29 is 0 Å². The summed E-state index contributed by atoms with van der Waals surface area (Å²) in [5.41, 5.74) is 2.52. The van der Waals surface area contributed by atoms with Gasteiger partial charge in [0.1, 0.15) is 4.83 Å². The highest BCUT2D eigenvalue weighted by molar-refractivity contribution is 7.18. The molecule has 3 aromatic rings. The first kappa shape index (κ1) is 11.1. The highest BCUT2D eigenvalue weighted by Crippen LogP contribution is 2.35. The van der Waals surface area contributed by atoms with Crippen molar-refractivity contribution in [2.45, 2.75) is 25.7 Å². The Morgan fingerprint density at radius 1 is 1.05 bits per heavy atom. The molecule has 4 heteroatoms. The van der Waals surface area contributed by atoms with Crippen molar-refractivity contribution in [1.82, 2.24) is 15.0 Å². The summed E-state index contributed by atoms with van der Waals surface area (Å²) in [5.74, 6) is 0.800. The third-order valence-corrected chi connectivity index (χ3v) is 4.86. The number of thiophene rings is 1. The molecule has 4 rings (SSSR count). The van der Waals surface area contributed by atoms with Crippen LogP contribution in [0.15, 0.2) is 30.7 Å². The van der Waals surface area contributed by atoms with Gasteiger partial charge < -0.3 is 0 Å². The monoisotopic (exact) mass is 267 g/mol. The predicted molar refractivity (Wildman–Crippen MR) is 77.3 cm³/mol. The summed E-state index contributed by atoms with van der Waals surface area (Å²) in [6, 6.07) is 3.91. The first-order valence-corrected chi connectivity index (χ1v) is 7.41. The van der Waals surface area contributed by atoms with E-state index in [1.807, 2.05) is 29.7 Å². The molecule has 0 bridgehead atoms. The van der Waals surface area contributed by atoms with Gasteiger partial charge in [-0.2, -0.15) is 0 Å². The van der Waals surface area contributed by atoms with Crippen LogP contribution in [0.4, 0.5) is 0 Å². The summed E-state index contributed by atoms with van der Waals surface area (Å²) in [4.78, 5) is 15.9. The minimum absolute atomic E-state index is 0.800. The van der Waals surface area contributed by atoms with Crippen LogP contribution in [0.25, 0.3) is 21.6 Å². The Hall–Kier alpha value is -1.81. The van der Waals surface area contributed by atoms with E-state index >= 15 is 0 Å². The lowest BCUT2D eigenvalue weighted by Crippen LogP contribution is -1.98. The van der Waals surface area contributed by atoms with Crippen LogP contribution in [-0.4, -0.2) is 15.0 Å². The molecule has 0 radical (unpaired) electrons. The zero-order valence-electron chi connectivity index (χ0n) is 10.5. The third-order valence-electron chi connectivity index (χ3n) is 3.65. The molecule has 0 spiro atoms. The normalized spacial score (nSPS) is 14.5. The lowest BCUT2D eigenvalue weighted by atomic mass is 9.97. The van der Waals surface area contributed by atoms with Gasteiger partial charge >= 0.3 is 0 Å². The van der Waals surface area contributed by atoms with E-state index in [1.165, 1.54) is 41.5 Å². The van der Waals surface area contributed by atoms with Gasteiger partial charge in [-0.15, -0.1) is 11.3 Å². The van der Waals surface area contributed by atoms with Crippen molar-refractivity contribution in [3.63, 3.8) is 0 Å². The molecule has 0 fully saturated rings. The van der Waals surface area contributed by atoms with Gasteiger partial charge in [-0.25, -0.2) is 9.97 Å². The molecule has 1 aliphatic carbocycles. The average Bonchev–Trinajstić information content (AvgIpc) is 2.86. The van der Waals surface area contributed by atoms with Gasteiger partial charge in [0.15, 0.2) is 5.82 Å². The number of nitrogens with zero attached hydrogens (tertiary/aromatic N) is 3. The van der Waals surface area contributed by atoms with E-state index in [2.05, 4.69) is 9.97 Å². The average molecular weight is 267 g/mol. The third kappa shape index (κ3) is 1.83. The molecule has 0 N–H and O–H groups in total. The lowest BCUT2D eigenvalue weighted by Gasteiger charge is -2.09. The van der Waals surface area contributed by atoms with E-state index < -0.39 is 0 Å². The van der Waals surface area contributed by atoms with E-state index in [0.29, 0.717) is 0 Å². The van der Waals surface area contributed by atoms with E-state index in [9.17, 15) is 0 Å². The first-order valence-electron chi connectivity index (χ1n) is 6.59. The molecule has 0 amide bonds. The zero-order chi connectivity index (χ0) is 12.7. The van der Waals surface area contributed by atoms with Gasteiger partial charge in [0, 0.05) is 34.4 Å². The molecule has 1 aliphatic rings. The standard InChI is InChI=1S/C15H13N3S/c1-2-4-13-11(3-1)12-9-17-14(18-15(12)19-13)10-5-7-16-8-6-10/h5-9H,1-4H2. The molecule has 0 saturated carbocycles. The van der Waals surface area contributed by atoms with E-state index in [-0.39, 0.29) is 0 Å². The van der Waals surface area contributed by atoms with Crippen molar-refractivity contribution in [3.05, 3.63) is 41.2 Å². The molecule has 94 valence electrons. The summed E-state index contributed by atoms with van der Waals surface area (Å²) in [6.45, 7) is 0. The second-order valence-electron chi connectivity index (χ2n) is 4.86. The maximum Gasteiger partial charge on any atom is 0.160 e. The Bertz CT molecular complexity index is 734. The van der Waals surface area contributed by atoms with Crippen LogP contribution in [0, 0.1) is 0 Å². The second kappa shape index (κ2) is 4.38. The molecule has 0 aromatic carbocycles. The van der Waals surface area contributed by atoms with E-state index in [4.69, 9.17) is 4.98 Å². The second-order valence-corrected chi connectivity index (χ2v) is 5.94. The quantitative estimate of drug-likeness (QED) is 0.675. The number of hydrogen-bond acceptors (Lipinski definition) is 4. The van der Waals surface area contributed by atoms with Gasteiger partial charge in [0.25, 0.3) is 0 Å². The maximum absolute atomic E-state index is 4.73. The van der Waals surface area contributed by atoms with Crippen molar-refractivity contribution in [2.75, 3.05) is 0 Å². The van der Waals surface area contributed by atoms with Crippen molar-refractivity contribution in [3.8, 4) is 11.4 Å². The molecule has 0 atom stereocenters. The Morgan fingerprint density at radius 2 is 1.89 bits per heavy atom. The molecule has 19 heavy (non-hydrogen) atoms. The van der Waals surface area contributed by atoms with Crippen molar-refractivity contribution >= 4 is 21.6 Å². The van der Waals surface area contributed by atoms with Crippen molar-refractivity contribution in [2.24, 2.45) is 0 Å². The molecular weight excluding hydrogens is 254 g/mol. The van der Waals surface area contributed by atoms with Crippen LogP contribution in [0.3, 0.4) is 0 Å². The van der Waals surface area contributed by atoms with Gasteiger partial charge in [0.05, 0.1) is 0 Å². The van der Waals surface area contributed by atoms with E-state index in [1.54, 1.807) is 12.4 Å². The Balaban J connectivity index is 1.88. The lowest BCUT2D eigenvalue weighted by molar-refractivity contribution is 0.700. The van der Waals surface area contributed by atoms with Crippen LogP contribution < -0.4 is 0 Å². The Morgan fingerprint density at radius 3 is 2.79 bits per heavy atom. The van der Waals surface area contributed by atoms with Crippen LogP contribution in [0.2, 0.25) is 0 Å². The van der Waals surface area contributed by atoms with Gasteiger partial charge in [0.2, 0.25) is 0 Å². The Labute approximate surface area is 115 Å². The summed E-state index contributed by atoms with van der Waals surface area (Å²) in [5, 5.41) is 1.26. The van der Waals surface area contributed by atoms with Gasteiger partial charge in [-0.3, -0.25) is 4.98 Å². The molecule has 0 unspecified atom stereocenters. The zero-order valence-corrected chi connectivity index (χ0v) is 11.3. The smallest absolute Gasteiger partial charge is 0.160 e. The molecule has 0 saturated heterocycles. The van der Waals surface area contributed by atoms with Crippen LogP contribution in [-0.2, 0) is 12.8 Å². The summed E-state index contributed by atoms with van der Waals surface area (Å²) >= 11 is 1.84. The number of hydrogen-bond donors (Lipinski definition) is 0. The first-order chi connectivity index (χ1) is 9.42. The maximum atomic E-state index is 4.73. The molecule has 3 aromatic heterocycles. The number of rotatable bonds is 1. The minimum Gasteiger partial charge on any atom is -0.265 e. The van der Waals surface area contributed by atoms with Crippen molar-refractivity contribution in [1.29, 1.82) is 0 Å². The molecule has 3 heterocycles. The minimum atomic E-state index is 0.800. The molecule has 0 aliphatic heterocycles. The van der Waals surface area contributed by atoms with Gasteiger partial charge in [-0.1, -0.05) is 0 Å². The summed E-state index contributed by atoms with van der Waals surface area (Å²) < 4.78 is 0. The SMILES string of the molecule is c1cc(-c2ncc3c4c(sc3n2)CCCC4)ccn1. The van der Waals surface area contributed by atoms with E-state index in [0.717, 1.165) is 16.2 Å². The highest BCUT2D eigenvalue weighted by atomic mass is 32.1. The fraction of sp³-hybridized carbons (Fsp3) is 0.267. The predicted octanol–water partition coefficient (Wildman–Crippen LogP) is 3.63. The van der Waals surface area contributed by atoms with Crippen LogP contribution in [0.1, 0.15) is 23.3 Å². The van der Waals surface area contributed by atoms with Crippen LogP contribution in [0.5, 0.6) is 0 Å². The summed E-state index contributed by atoms with van der Waals surface area (Å²) in [6.07, 6.45) is 10.6. The fourth-order valence-electron chi connectivity index (χ4n) is 2.68. The number of aromatic nitrogens is 3. The number of pyridine rings is 1. The topological polar surface area (TPSA) is 38.7 Å². The van der Waals surface area contributed by atoms with Crippen LogP contribution >= 0.6 is 11.3 Å². The molecular formula is C15H13N3S. The summed E-state index contributed by atoms with van der Waals surface area (Å²) in [7, 11) is 0. The number of aryl methyl sites for hydroxylation is 2. The largest absolute Gasteiger partial charge is 0.265 e. The Kier molecular flexibility index (Phi) is 2.55. The fourth-order valence-corrected chi connectivity index (χ4v) is 3.92. The van der Waals surface area contributed by atoms with Gasteiger partial charge in [-0.05, 0) is 43.4 Å². The molecule has 3 nitrogen and oxygen atoms in total.